The number of hydrogen-bond donors (Lipinski definition) is 4. The third-order valence-electron chi connectivity index (χ3n) is 8.33. The predicted molar refractivity (Wildman–Crippen MR) is 173 cm³/mol. The number of nitrogens with one attached hydrogen (secondary N) is 2. The van der Waals surface area contributed by atoms with Crippen LogP contribution in [0.4, 0.5) is 8.78 Å². The molecular weight excluding hydrogens is 574 g/mol. The molecule has 0 saturated carbocycles. The van der Waals surface area contributed by atoms with Crippen molar-refractivity contribution in [2.45, 2.75) is 43.8 Å². The van der Waals surface area contributed by atoms with Crippen LogP contribution in [0.2, 0.25) is 0 Å². The lowest BCUT2D eigenvalue weighted by molar-refractivity contribution is -0.133. The number of nitrogens with zero attached hydrogens (tertiary/aromatic N) is 2. The van der Waals surface area contributed by atoms with E-state index in [0.29, 0.717) is 24.9 Å². The van der Waals surface area contributed by atoms with E-state index in [9.17, 15) is 18.4 Å². The van der Waals surface area contributed by atoms with Gasteiger partial charge in [-0.3, -0.25) is 14.9 Å². The highest BCUT2D eigenvalue weighted by Crippen LogP contribution is 2.28. The van der Waals surface area contributed by atoms with E-state index in [1.54, 1.807) is 35.2 Å². The Morgan fingerprint density at radius 3 is 2.18 bits per heavy atom. The normalized spacial score (nSPS) is 17.6. The lowest BCUT2D eigenvalue weighted by atomic mass is 9.90. The molecular formula is C35H38F2N6O2. The second kappa shape index (κ2) is 14.3. The zero-order chi connectivity index (χ0) is 31.9. The highest BCUT2D eigenvalue weighted by Gasteiger charge is 2.37. The monoisotopic (exact) mass is 612 g/mol. The fourth-order valence-corrected chi connectivity index (χ4v) is 5.90. The topological polar surface area (TPSA) is 126 Å². The molecule has 6 N–H and O–H groups in total. The molecule has 1 saturated heterocycles. The first-order chi connectivity index (χ1) is 21.7. The number of carbonyl (C=O) groups excluding carboxylic acids is 2. The van der Waals surface area contributed by atoms with Gasteiger partial charge in [0.15, 0.2) is 5.96 Å². The Hall–Kier alpha value is -4.83. The Morgan fingerprint density at radius 1 is 0.956 bits per heavy atom. The van der Waals surface area contributed by atoms with Crippen LogP contribution >= 0.6 is 0 Å². The van der Waals surface area contributed by atoms with Gasteiger partial charge in [0.05, 0.1) is 6.04 Å². The third kappa shape index (κ3) is 7.82. The number of benzene rings is 4. The van der Waals surface area contributed by atoms with Crippen molar-refractivity contribution in [3.8, 4) is 0 Å². The van der Waals surface area contributed by atoms with E-state index in [1.165, 1.54) is 24.3 Å². The smallest absolute Gasteiger partial charge is 0.251 e. The molecule has 0 bridgehead atoms. The number of nitrogens with two attached hydrogens (primary N) is 2. The zero-order valence-electron chi connectivity index (χ0n) is 25.1. The minimum Gasteiger partial charge on any atom is -0.370 e. The van der Waals surface area contributed by atoms with Crippen LogP contribution in [-0.2, 0) is 4.79 Å². The van der Waals surface area contributed by atoms with Gasteiger partial charge in [0.1, 0.15) is 17.7 Å². The van der Waals surface area contributed by atoms with Crippen LogP contribution in [0.1, 0.15) is 47.2 Å². The summed E-state index contributed by atoms with van der Waals surface area (Å²) in [5.74, 6) is -1.61. The Labute approximate surface area is 261 Å². The molecule has 1 heterocycles. The number of guanidine groups is 1. The third-order valence-corrected chi connectivity index (χ3v) is 8.33. The summed E-state index contributed by atoms with van der Waals surface area (Å²) >= 11 is 0. The van der Waals surface area contributed by atoms with Crippen molar-refractivity contribution < 1.29 is 18.4 Å². The minimum absolute atomic E-state index is 0.121. The van der Waals surface area contributed by atoms with Crippen molar-refractivity contribution in [3.05, 3.63) is 119 Å². The minimum atomic E-state index is -0.760. The molecule has 45 heavy (non-hydrogen) atoms. The largest absolute Gasteiger partial charge is 0.370 e. The molecule has 10 heteroatoms. The first kappa shape index (κ1) is 31.6. The van der Waals surface area contributed by atoms with E-state index in [0.717, 1.165) is 21.9 Å². The van der Waals surface area contributed by atoms with Crippen LogP contribution in [0.5, 0.6) is 0 Å². The van der Waals surface area contributed by atoms with E-state index < -0.39 is 12.1 Å². The van der Waals surface area contributed by atoms with Gasteiger partial charge in [0, 0.05) is 37.2 Å². The highest BCUT2D eigenvalue weighted by atomic mass is 19.1. The maximum Gasteiger partial charge on any atom is 0.251 e. The first-order valence-electron chi connectivity index (χ1n) is 15.1. The lowest BCUT2D eigenvalue weighted by Gasteiger charge is -2.31. The van der Waals surface area contributed by atoms with Crippen LogP contribution < -0.4 is 22.1 Å². The fraction of sp³-hybridized carbons (Fsp3) is 0.286. The van der Waals surface area contributed by atoms with Crippen LogP contribution in [0, 0.1) is 11.6 Å². The number of rotatable bonds is 10. The molecule has 1 aliphatic rings. The number of aliphatic imine (C=N–C) groups is 1. The molecule has 0 aliphatic carbocycles. The highest BCUT2D eigenvalue weighted by molar-refractivity contribution is 5.98. The summed E-state index contributed by atoms with van der Waals surface area (Å²) < 4.78 is 27.7. The number of hydrogen-bond acceptors (Lipinski definition) is 4. The van der Waals surface area contributed by atoms with Gasteiger partial charge in [-0.05, 0) is 71.1 Å². The summed E-state index contributed by atoms with van der Waals surface area (Å²) in [4.78, 5) is 33.4. The summed E-state index contributed by atoms with van der Waals surface area (Å²) in [6, 6.07) is 24.1. The maximum absolute atomic E-state index is 14.2. The summed E-state index contributed by atoms with van der Waals surface area (Å²) in [7, 11) is 0. The molecule has 234 valence electrons. The molecule has 5 rings (SSSR count). The molecule has 3 atom stereocenters. The second-order valence-corrected chi connectivity index (χ2v) is 11.4. The molecule has 1 aliphatic heterocycles. The molecule has 1 unspecified atom stereocenters. The summed E-state index contributed by atoms with van der Waals surface area (Å²) in [6.45, 7) is 2.83. The van der Waals surface area contributed by atoms with Crippen molar-refractivity contribution >= 4 is 28.5 Å². The average Bonchev–Trinajstić information content (AvgIpc) is 3.20. The van der Waals surface area contributed by atoms with E-state index in [1.807, 2.05) is 43.3 Å². The SMILES string of the molecule is CCC(N=C(N)N)[C@@H]1N[C@H](CNC(=O)c2ccc3ccccc3c2)CCN(CC(c2ccc(F)cc2)c2ccc(F)cc2)C1=O. The summed E-state index contributed by atoms with van der Waals surface area (Å²) in [6.07, 6.45) is 1.03. The molecule has 4 aromatic carbocycles. The van der Waals surface area contributed by atoms with Gasteiger partial charge in [0.2, 0.25) is 5.91 Å². The molecule has 0 radical (unpaired) electrons. The van der Waals surface area contributed by atoms with Crippen molar-refractivity contribution in [2.24, 2.45) is 16.5 Å². The van der Waals surface area contributed by atoms with Gasteiger partial charge >= 0.3 is 0 Å². The quantitative estimate of drug-likeness (QED) is 0.157. The first-order valence-corrected chi connectivity index (χ1v) is 15.1. The van der Waals surface area contributed by atoms with Crippen LogP contribution in [0.3, 0.4) is 0 Å². The Kier molecular flexibility index (Phi) is 10.0. The van der Waals surface area contributed by atoms with Crippen LogP contribution in [-0.4, -0.2) is 60.4 Å². The van der Waals surface area contributed by atoms with Crippen LogP contribution in [0.15, 0.2) is 96.0 Å². The summed E-state index contributed by atoms with van der Waals surface area (Å²) in [5.41, 5.74) is 13.6. The van der Waals surface area contributed by atoms with Gasteiger partial charge in [-0.2, -0.15) is 0 Å². The van der Waals surface area contributed by atoms with Crippen molar-refractivity contribution in [2.75, 3.05) is 19.6 Å². The number of carbonyl (C=O) groups is 2. The zero-order valence-corrected chi connectivity index (χ0v) is 25.1. The molecule has 1 fully saturated rings. The van der Waals surface area contributed by atoms with Gasteiger partial charge in [-0.1, -0.05) is 61.5 Å². The standard InChI is InChI=1S/C35H38F2N6O2/c1-2-31(42-35(38)39)32-34(45)43(21-30(23-9-13-27(36)14-10-23)24-11-15-28(37)16-12-24)18-17-29(41-32)20-40-33(44)26-8-7-22-5-3-4-6-25(22)19-26/h3-16,19,29-32,41H,2,17-18,20-21H2,1H3,(H,40,44)(H4,38,39,42)/t29-,31?,32-/m0/s1. The molecule has 0 spiro atoms. The number of fused-ring (bicyclic) bond motifs is 1. The van der Waals surface area contributed by atoms with Gasteiger partial charge in [0.25, 0.3) is 5.91 Å². The number of amides is 2. The van der Waals surface area contributed by atoms with E-state index >= 15 is 0 Å². The van der Waals surface area contributed by atoms with Gasteiger partial charge in [-0.25, -0.2) is 13.8 Å². The van der Waals surface area contributed by atoms with Crippen molar-refractivity contribution in [1.29, 1.82) is 0 Å². The van der Waals surface area contributed by atoms with E-state index in [-0.39, 0.29) is 54.5 Å². The van der Waals surface area contributed by atoms with Crippen LogP contribution in [0.25, 0.3) is 10.8 Å². The summed E-state index contributed by atoms with van der Waals surface area (Å²) in [5, 5.41) is 8.48. The van der Waals surface area contributed by atoms with E-state index in [2.05, 4.69) is 15.6 Å². The Balaban J connectivity index is 1.39. The maximum atomic E-state index is 14.2. The van der Waals surface area contributed by atoms with Crippen molar-refractivity contribution in [3.63, 3.8) is 0 Å². The Bertz CT molecular complexity index is 1610. The molecule has 4 aromatic rings. The predicted octanol–water partition coefficient (Wildman–Crippen LogP) is 4.29. The van der Waals surface area contributed by atoms with E-state index in [4.69, 9.17) is 11.5 Å². The molecule has 0 aromatic heterocycles. The molecule has 2 amide bonds. The Morgan fingerprint density at radius 2 is 1.58 bits per heavy atom. The van der Waals surface area contributed by atoms with Gasteiger partial charge in [-0.15, -0.1) is 0 Å². The molecule has 8 nitrogen and oxygen atoms in total. The number of halogens is 2. The average molecular weight is 613 g/mol. The van der Waals surface area contributed by atoms with Crippen molar-refractivity contribution in [1.82, 2.24) is 15.5 Å². The fourth-order valence-electron chi connectivity index (χ4n) is 5.90. The second-order valence-electron chi connectivity index (χ2n) is 11.4. The van der Waals surface area contributed by atoms with Gasteiger partial charge < -0.3 is 21.7 Å². The lowest BCUT2D eigenvalue weighted by Crippen LogP contribution is -2.54.